The van der Waals surface area contributed by atoms with Crippen LogP contribution in [-0.2, 0) is 41.6 Å². The Kier molecular flexibility index (Phi) is 11.6. The van der Waals surface area contributed by atoms with Crippen LogP contribution >= 0.6 is 0 Å². The van der Waals surface area contributed by atoms with Gasteiger partial charge in [-0.25, -0.2) is 18.8 Å². The summed E-state index contributed by atoms with van der Waals surface area (Å²) in [7, 11) is 1.35. The number of benzene rings is 2. The van der Waals surface area contributed by atoms with E-state index >= 15 is 0 Å². The Morgan fingerprint density at radius 3 is 2.07 bits per heavy atom. The molecule has 1 aliphatic rings. The number of hydrogen-bond donors (Lipinski definition) is 0. The van der Waals surface area contributed by atoms with Gasteiger partial charge in [-0.2, -0.15) is 0 Å². The molecule has 1 fully saturated rings. The van der Waals surface area contributed by atoms with Crippen molar-refractivity contribution in [2.45, 2.75) is 84.4 Å². The summed E-state index contributed by atoms with van der Waals surface area (Å²) in [5.41, 5.74) is 0.952. The second kappa shape index (κ2) is 14.7. The monoisotopic (exact) mass is 600 g/mol. The fraction of sp³-hybridized carbons (Fsp3) is 0.545. The molecular formula is C33H45FN2O7. The van der Waals surface area contributed by atoms with Gasteiger partial charge < -0.3 is 23.8 Å². The third-order valence-corrected chi connectivity index (χ3v) is 6.86. The molecule has 0 N–H and O–H groups in total. The van der Waals surface area contributed by atoms with E-state index in [1.807, 2.05) is 55.5 Å². The highest BCUT2D eigenvalue weighted by Gasteiger charge is 2.38. The van der Waals surface area contributed by atoms with Gasteiger partial charge in [-0.1, -0.05) is 42.0 Å². The molecular weight excluding hydrogens is 555 g/mol. The van der Waals surface area contributed by atoms with Gasteiger partial charge >= 0.3 is 18.0 Å². The van der Waals surface area contributed by atoms with Crippen molar-refractivity contribution in [2.75, 3.05) is 38.3 Å². The van der Waals surface area contributed by atoms with Crippen molar-refractivity contribution < 1.29 is 37.7 Å². The van der Waals surface area contributed by atoms with Crippen LogP contribution < -0.4 is 4.90 Å². The summed E-state index contributed by atoms with van der Waals surface area (Å²) in [5.74, 6) is -1.68. The maximum Gasteiger partial charge on any atom is 0.410 e. The summed E-state index contributed by atoms with van der Waals surface area (Å²) in [6, 6.07) is 13.8. The number of ether oxygens (including phenoxy) is 4. The molecule has 1 heterocycles. The highest BCUT2D eigenvalue weighted by molar-refractivity contribution is 5.85. The van der Waals surface area contributed by atoms with Crippen LogP contribution in [0.15, 0.2) is 48.5 Å². The molecule has 0 saturated carbocycles. The third-order valence-electron chi connectivity index (χ3n) is 6.86. The first-order valence-corrected chi connectivity index (χ1v) is 14.6. The minimum absolute atomic E-state index is 0.0120. The molecule has 9 nitrogen and oxygen atoms in total. The van der Waals surface area contributed by atoms with Crippen molar-refractivity contribution >= 4 is 23.7 Å². The lowest BCUT2D eigenvalue weighted by Gasteiger charge is -2.32. The molecule has 3 rings (SSSR count). The lowest BCUT2D eigenvalue weighted by molar-refractivity contribution is -0.172. The Morgan fingerprint density at radius 2 is 1.51 bits per heavy atom. The van der Waals surface area contributed by atoms with Gasteiger partial charge in [0.15, 0.2) is 0 Å². The first-order valence-electron chi connectivity index (χ1n) is 14.6. The molecule has 2 aromatic carbocycles. The van der Waals surface area contributed by atoms with Gasteiger partial charge in [0.05, 0.1) is 13.2 Å². The quantitative estimate of drug-likeness (QED) is 0.250. The van der Waals surface area contributed by atoms with Crippen molar-refractivity contribution in [1.29, 1.82) is 0 Å². The number of alkyl halides is 1. The van der Waals surface area contributed by atoms with Gasteiger partial charge in [-0.05, 0) is 64.8 Å². The highest BCUT2D eigenvalue weighted by atomic mass is 19.1. The molecule has 1 aliphatic heterocycles. The number of likely N-dealkylation sites (N-methyl/N-ethyl adjacent to an activating group) is 1. The van der Waals surface area contributed by atoms with Gasteiger partial charge in [0.1, 0.15) is 23.9 Å². The molecule has 10 heteroatoms. The lowest BCUT2D eigenvalue weighted by Crippen LogP contribution is -2.49. The molecule has 0 aliphatic carbocycles. The van der Waals surface area contributed by atoms with Gasteiger partial charge in [-0.3, -0.25) is 4.90 Å². The van der Waals surface area contributed by atoms with E-state index in [4.69, 9.17) is 18.9 Å². The number of carbonyl (C=O) groups is 3. The molecule has 236 valence electrons. The highest BCUT2D eigenvalue weighted by Crippen LogP contribution is 2.24. The maximum atomic E-state index is 14.8. The number of rotatable bonds is 11. The van der Waals surface area contributed by atoms with Crippen LogP contribution in [0.25, 0.3) is 0 Å². The minimum Gasteiger partial charge on any atom is -0.458 e. The van der Waals surface area contributed by atoms with Crippen LogP contribution in [0.2, 0.25) is 0 Å². The number of hydrogen-bond acceptors (Lipinski definition) is 8. The van der Waals surface area contributed by atoms with E-state index in [0.717, 1.165) is 40.4 Å². The van der Waals surface area contributed by atoms with E-state index in [1.54, 1.807) is 20.8 Å². The van der Waals surface area contributed by atoms with E-state index in [-0.39, 0.29) is 19.4 Å². The standard InChI is InChI=1S/C33H45FN2O7/c1-23-8-10-25(11-9-23)22-41-30(38)28(20-24-12-14-26(15-13-24)36-16-18-40-19-17-36)42-29(37)27(21-33(5,6)34)35(7)31(39)43-32(2,3)4/h8-15,27-28H,16-22H2,1-7H3/t27-,28+/m0/s1. The van der Waals surface area contributed by atoms with Gasteiger partial charge in [0.2, 0.25) is 6.10 Å². The average Bonchev–Trinajstić information content (AvgIpc) is 2.94. The van der Waals surface area contributed by atoms with Gasteiger partial charge in [-0.15, -0.1) is 0 Å². The summed E-state index contributed by atoms with van der Waals surface area (Å²) < 4.78 is 37.0. The fourth-order valence-electron chi connectivity index (χ4n) is 4.50. The number of morpholine rings is 1. The van der Waals surface area contributed by atoms with Crippen molar-refractivity contribution in [1.82, 2.24) is 4.90 Å². The smallest absolute Gasteiger partial charge is 0.410 e. The second-order valence-corrected chi connectivity index (χ2v) is 12.5. The van der Waals surface area contributed by atoms with E-state index < -0.39 is 41.4 Å². The zero-order valence-corrected chi connectivity index (χ0v) is 26.4. The van der Waals surface area contributed by atoms with E-state index in [2.05, 4.69) is 4.90 Å². The molecule has 1 amide bonds. The van der Waals surface area contributed by atoms with Gasteiger partial charge in [0, 0.05) is 38.7 Å². The Morgan fingerprint density at radius 1 is 0.930 bits per heavy atom. The zero-order chi connectivity index (χ0) is 31.8. The summed E-state index contributed by atoms with van der Waals surface area (Å²) in [6.07, 6.45) is -2.47. The first kappa shape index (κ1) is 33.8. The van der Waals surface area contributed by atoms with E-state index in [0.29, 0.717) is 13.2 Å². The van der Waals surface area contributed by atoms with Crippen LogP contribution in [0, 0.1) is 6.92 Å². The predicted molar refractivity (Wildman–Crippen MR) is 162 cm³/mol. The average molecular weight is 601 g/mol. The predicted octanol–water partition coefficient (Wildman–Crippen LogP) is 5.40. The molecule has 0 bridgehead atoms. The van der Waals surface area contributed by atoms with Crippen molar-refractivity contribution in [3.63, 3.8) is 0 Å². The molecule has 0 unspecified atom stereocenters. The molecule has 43 heavy (non-hydrogen) atoms. The number of carbonyl (C=O) groups excluding carboxylic acids is 3. The van der Waals surface area contributed by atoms with Crippen molar-refractivity contribution in [3.05, 3.63) is 65.2 Å². The lowest BCUT2D eigenvalue weighted by atomic mass is 10.00. The zero-order valence-electron chi connectivity index (χ0n) is 26.4. The fourth-order valence-corrected chi connectivity index (χ4v) is 4.50. The Labute approximate surface area is 254 Å². The summed E-state index contributed by atoms with van der Waals surface area (Å²) in [6.45, 7) is 12.5. The summed E-state index contributed by atoms with van der Waals surface area (Å²) >= 11 is 0. The molecule has 2 atom stereocenters. The third kappa shape index (κ3) is 11.2. The number of aryl methyl sites for hydroxylation is 1. The van der Waals surface area contributed by atoms with Crippen molar-refractivity contribution in [3.8, 4) is 0 Å². The van der Waals surface area contributed by atoms with Crippen LogP contribution in [0.4, 0.5) is 14.9 Å². The second-order valence-electron chi connectivity index (χ2n) is 12.5. The Balaban J connectivity index is 1.81. The van der Waals surface area contributed by atoms with Crippen LogP contribution in [-0.4, -0.2) is 79.7 Å². The van der Waals surface area contributed by atoms with E-state index in [9.17, 15) is 18.8 Å². The number of anilines is 1. The van der Waals surface area contributed by atoms with E-state index in [1.165, 1.54) is 20.9 Å². The van der Waals surface area contributed by atoms with Crippen LogP contribution in [0.3, 0.4) is 0 Å². The Bertz CT molecular complexity index is 1210. The summed E-state index contributed by atoms with van der Waals surface area (Å²) in [4.78, 5) is 42.9. The number of esters is 2. The topological polar surface area (TPSA) is 94.6 Å². The number of nitrogens with zero attached hydrogens (tertiary/aromatic N) is 2. The molecule has 0 aromatic heterocycles. The molecule has 2 aromatic rings. The molecule has 0 spiro atoms. The number of halogens is 1. The molecule has 1 saturated heterocycles. The van der Waals surface area contributed by atoms with Crippen LogP contribution in [0.5, 0.6) is 0 Å². The van der Waals surface area contributed by atoms with Crippen LogP contribution in [0.1, 0.15) is 57.7 Å². The Hall–Kier alpha value is -3.66. The minimum atomic E-state index is -1.82. The maximum absolute atomic E-state index is 14.8. The SMILES string of the molecule is Cc1ccc(COC(=O)[C@@H](Cc2ccc(N3CCOCC3)cc2)OC(=O)[C@H](CC(C)(C)F)N(C)C(=O)OC(C)(C)C)cc1. The normalized spacial score (nSPS) is 15.3. The first-order chi connectivity index (χ1) is 20.1. The van der Waals surface area contributed by atoms with Gasteiger partial charge in [0.25, 0.3) is 0 Å². The summed E-state index contributed by atoms with van der Waals surface area (Å²) in [5, 5.41) is 0. The molecule has 0 radical (unpaired) electrons. The number of amides is 1. The largest absolute Gasteiger partial charge is 0.458 e. The van der Waals surface area contributed by atoms with Crippen molar-refractivity contribution in [2.24, 2.45) is 0 Å².